The first-order valence-corrected chi connectivity index (χ1v) is 14.2. The van der Waals surface area contributed by atoms with Gasteiger partial charge in [0.1, 0.15) is 6.04 Å². The van der Waals surface area contributed by atoms with Crippen LogP contribution in [0.25, 0.3) is 23.0 Å². The molecule has 1 unspecified atom stereocenters. The molecule has 5 aromatic rings. The quantitative estimate of drug-likeness (QED) is 0.286. The molecule has 0 saturated carbocycles. The molecule has 0 N–H and O–H groups in total. The number of thiazole rings is 1. The van der Waals surface area contributed by atoms with Gasteiger partial charge in [-0.15, -0.1) is 11.3 Å². The summed E-state index contributed by atoms with van der Waals surface area (Å²) in [5.74, 6) is -0.457. The molecular formula is C30H24N4O3S2. The molecule has 0 fully saturated rings. The molecular weight excluding hydrogens is 528 g/mol. The molecule has 2 aromatic carbocycles. The highest BCUT2D eigenvalue weighted by atomic mass is 32.1. The summed E-state index contributed by atoms with van der Waals surface area (Å²) >= 11 is 2.80. The number of thiophene rings is 1. The number of fused-ring (bicyclic) bond motifs is 1. The molecule has 0 bridgehead atoms. The first kappa shape index (κ1) is 25.0. The van der Waals surface area contributed by atoms with Crippen LogP contribution in [0.5, 0.6) is 0 Å². The van der Waals surface area contributed by atoms with Crippen LogP contribution in [-0.2, 0) is 9.53 Å². The number of ether oxygens (including phenoxy) is 1. The lowest BCUT2D eigenvalue weighted by Gasteiger charge is -2.23. The number of nitrogens with zero attached hydrogens (tertiary/aromatic N) is 4. The van der Waals surface area contributed by atoms with Crippen LogP contribution < -0.4 is 14.9 Å². The van der Waals surface area contributed by atoms with E-state index in [-0.39, 0.29) is 12.2 Å². The van der Waals surface area contributed by atoms with Gasteiger partial charge in [-0.2, -0.15) is 5.10 Å². The van der Waals surface area contributed by atoms with Crippen LogP contribution in [0.15, 0.2) is 105 Å². The van der Waals surface area contributed by atoms with Gasteiger partial charge < -0.3 is 4.74 Å². The van der Waals surface area contributed by atoms with Crippen LogP contribution in [0.3, 0.4) is 0 Å². The van der Waals surface area contributed by atoms with Crippen LogP contribution in [0.1, 0.15) is 30.3 Å². The maximum Gasteiger partial charge on any atom is 0.338 e. The molecule has 0 radical (unpaired) electrons. The van der Waals surface area contributed by atoms with Crippen molar-refractivity contribution in [3.8, 4) is 16.9 Å². The summed E-state index contributed by atoms with van der Waals surface area (Å²) in [6.07, 6.45) is 3.80. The Morgan fingerprint density at radius 1 is 1.05 bits per heavy atom. The van der Waals surface area contributed by atoms with Gasteiger partial charge in [0.15, 0.2) is 4.80 Å². The summed E-state index contributed by atoms with van der Waals surface area (Å²) in [5, 5.41) is 6.81. The van der Waals surface area contributed by atoms with Gasteiger partial charge in [-0.05, 0) is 43.5 Å². The number of hydrogen-bond acceptors (Lipinski definition) is 7. The summed E-state index contributed by atoms with van der Waals surface area (Å²) in [5.41, 5.74) is 4.18. The van der Waals surface area contributed by atoms with Gasteiger partial charge in [-0.25, -0.2) is 14.5 Å². The number of para-hydroxylation sites is 1. The highest BCUT2D eigenvalue weighted by Gasteiger charge is 2.34. The van der Waals surface area contributed by atoms with Crippen molar-refractivity contribution < 1.29 is 9.53 Å². The molecule has 39 heavy (non-hydrogen) atoms. The summed E-state index contributed by atoms with van der Waals surface area (Å²) in [6.45, 7) is 3.80. The number of benzene rings is 2. The van der Waals surface area contributed by atoms with E-state index in [9.17, 15) is 9.59 Å². The molecule has 7 nitrogen and oxygen atoms in total. The number of rotatable bonds is 6. The molecule has 194 valence electrons. The zero-order valence-corrected chi connectivity index (χ0v) is 22.9. The van der Waals surface area contributed by atoms with Gasteiger partial charge in [-0.3, -0.25) is 9.36 Å². The maximum absolute atomic E-state index is 14.0. The minimum absolute atomic E-state index is 0.210. The SMILES string of the molecule is CCOC(=O)C1=C(C)N=c2s/c(=C\c3cn(-c4ccccc4)nc3-c3ccccc3)c(=O)n2C1c1cccs1. The van der Waals surface area contributed by atoms with E-state index in [4.69, 9.17) is 9.84 Å². The Morgan fingerprint density at radius 2 is 1.79 bits per heavy atom. The van der Waals surface area contributed by atoms with Crippen LogP contribution >= 0.6 is 22.7 Å². The van der Waals surface area contributed by atoms with Gasteiger partial charge >= 0.3 is 5.97 Å². The second-order valence-electron chi connectivity index (χ2n) is 8.90. The van der Waals surface area contributed by atoms with Gasteiger partial charge in [0.05, 0.1) is 33.8 Å². The number of carbonyl (C=O) groups excluding carboxylic acids is 1. The lowest BCUT2D eigenvalue weighted by molar-refractivity contribution is -0.139. The van der Waals surface area contributed by atoms with E-state index in [0.717, 1.165) is 27.4 Å². The maximum atomic E-state index is 14.0. The summed E-state index contributed by atoms with van der Waals surface area (Å²) in [4.78, 5) is 33.1. The fourth-order valence-electron chi connectivity index (χ4n) is 4.68. The van der Waals surface area contributed by atoms with Crippen molar-refractivity contribution in [1.82, 2.24) is 14.3 Å². The zero-order valence-electron chi connectivity index (χ0n) is 21.3. The minimum atomic E-state index is -0.594. The highest BCUT2D eigenvalue weighted by Crippen LogP contribution is 2.33. The highest BCUT2D eigenvalue weighted by molar-refractivity contribution is 7.10. The average molecular weight is 553 g/mol. The van der Waals surface area contributed by atoms with Crippen LogP contribution in [0.4, 0.5) is 0 Å². The summed E-state index contributed by atoms with van der Waals surface area (Å²) in [6, 6.07) is 23.0. The van der Waals surface area contributed by atoms with Gasteiger partial charge in [-0.1, -0.05) is 65.9 Å². The Bertz CT molecular complexity index is 1870. The van der Waals surface area contributed by atoms with E-state index in [1.165, 1.54) is 22.7 Å². The lowest BCUT2D eigenvalue weighted by Crippen LogP contribution is -2.39. The first-order valence-electron chi connectivity index (χ1n) is 12.5. The average Bonchev–Trinajstić information content (AvgIpc) is 3.70. The van der Waals surface area contributed by atoms with E-state index in [1.54, 1.807) is 18.4 Å². The molecule has 4 heterocycles. The summed E-state index contributed by atoms with van der Waals surface area (Å²) in [7, 11) is 0. The van der Waals surface area contributed by atoms with Gasteiger partial charge in [0.25, 0.3) is 5.56 Å². The molecule has 1 atom stereocenters. The van der Waals surface area contributed by atoms with Crippen LogP contribution in [0, 0.1) is 0 Å². The van der Waals surface area contributed by atoms with Crippen LogP contribution in [0.2, 0.25) is 0 Å². The smallest absolute Gasteiger partial charge is 0.338 e. The predicted octanol–water partition coefficient (Wildman–Crippen LogP) is 4.71. The third kappa shape index (κ3) is 4.60. The second-order valence-corrected chi connectivity index (χ2v) is 10.9. The molecule has 0 spiro atoms. The second kappa shape index (κ2) is 10.4. The number of hydrogen-bond donors (Lipinski definition) is 0. The molecule has 0 saturated heterocycles. The van der Waals surface area contributed by atoms with Crippen molar-refractivity contribution in [3.63, 3.8) is 0 Å². The molecule has 1 aliphatic heterocycles. The van der Waals surface area contributed by atoms with Crippen molar-refractivity contribution in [1.29, 1.82) is 0 Å². The Kier molecular flexibility index (Phi) is 6.68. The normalized spacial score (nSPS) is 15.2. The van der Waals surface area contributed by atoms with Crippen LogP contribution in [-0.4, -0.2) is 26.9 Å². The molecule has 6 rings (SSSR count). The Morgan fingerprint density at radius 3 is 2.49 bits per heavy atom. The Hall–Kier alpha value is -4.34. The third-order valence-electron chi connectivity index (χ3n) is 6.43. The number of aromatic nitrogens is 3. The summed E-state index contributed by atoms with van der Waals surface area (Å²) < 4.78 is 9.31. The van der Waals surface area contributed by atoms with Gasteiger partial charge in [0, 0.05) is 22.2 Å². The number of esters is 1. The van der Waals surface area contributed by atoms with Crippen molar-refractivity contribution in [3.05, 3.63) is 126 Å². The Labute approximate surface area is 232 Å². The van der Waals surface area contributed by atoms with Crippen molar-refractivity contribution >= 4 is 34.7 Å². The van der Waals surface area contributed by atoms with E-state index in [0.29, 0.717) is 20.6 Å². The van der Waals surface area contributed by atoms with Crippen molar-refractivity contribution in [2.75, 3.05) is 6.61 Å². The van der Waals surface area contributed by atoms with E-state index >= 15 is 0 Å². The molecule has 9 heteroatoms. The number of allylic oxidation sites excluding steroid dienone is 1. The lowest BCUT2D eigenvalue weighted by atomic mass is 10.0. The van der Waals surface area contributed by atoms with Gasteiger partial charge in [0.2, 0.25) is 0 Å². The fourth-order valence-corrected chi connectivity index (χ4v) is 6.54. The molecule has 0 aliphatic carbocycles. The fraction of sp³-hybridized carbons (Fsp3) is 0.133. The number of carbonyl (C=O) groups is 1. The standard InChI is InChI=1S/C30H24N4O3S2/c1-3-37-29(36)25-19(2)31-30-34(27(25)23-15-10-16-38-23)28(35)24(39-30)17-21-18-33(22-13-8-5-9-14-22)32-26(21)20-11-6-4-7-12-20/h4-18,27H,3H2,1-2H3/b24-17-. The third-order valence-corrected chi connectivity index (χ3v) is 8.33. The van der Waals surface area contributed by atoms with E-state index < -0.39 is 12.0 Å². The first-order chi connectivity index (χ1) is 19.0. The van der Waals surface area contributed by atoms with E-state index in [1.807, 2.05) is 95.1 Å². The molecule has 1 aliphatic rings. The predicted molar refractivity (Wildman–Crippen MR) is 154 cm³/mol. The molecule has 0 amide bonds. The van der Waals surface area contributed by atoms with Crippen molar-refractivity contribution in [2.45, 2.75) is 19.9 Å². The minimum Gasteiger partial charge on any atom is -0.463 e. The topological polar surface area (TPSA) is 78.5 Å². The molecule has 3 aromatic heterocycles. The van der Waals surface area contributed by atoms with E-state index in [2.05, 4.69) is 4.99 Å². The zero-order chi connectivity index (χ0) is 26.9. The largest absolute Gasteiger partial charge is 0.463 e. The monoisotopic (exact) mass is 552 g/mol. The van der Waals surface area contributed by atoms with Crippen molar-refractivity contribution in [2.24, 2.45) is 4.99 Å². The Balaban J connectivity index is 1.55.